The van der Waals surface area contributed by atoms with Crippen molar-refractivity contribution in [2.75, 3.05) is 6.61 Å². The summed E-state index contributed by atoms with van der Waals surface area (Å²) in [6.45, 7) is 2.39. The number of hydrogen-bond donors (Lipinski definition) is 1. The molecule has 0 saturated heterocycles. The quantitative estimate of drug-likeness (QED) is 0.361. The average molecular weight is 428 g/mol. The van der Waals surface area contributed by atoms with Gasteiger partial charge in [0.25, 0.3) is 5.91 Å². The van der Waals surface area contributed by atoms with Crippen LogP contribution in [0.3, 0.4) is 0 Å². The minimum Gasteiger partial charge on any atom is -0.493 e. The van der Waals surface area contributed by atoms with Crippen molar-refractivity contribution in [2.45, 2.75) is 25.8 Å². The first-order chi connectivity index (χ1) is 15.6. The number of carbonyl (C=O) groups excluding carboxylic acids is 1. The molecule has 0 radical (unpaired) electrons. The maximum Gasteiger partial charge on any atom is 0.286 e. The predicted molar refractivity (Wildman–Crippen MR) is 120 cm³/mol. The van der Waals surface area contributed by atoms with Crippen molar-refractivity contribution in [2.24, 2.45) is 5.11 Å². The second kappa shape index (κ2) is 9.87. The van der Waals surface area contributed by atoms with E-state index >= 15 is 0 Å². The van der Waals surface area contributed by atoms with Crippen molar-refractivity contribution in [1.29, 1.82) is 5.53 Å². The van der Waals surface area contributed by atoms with Gasteiger partial charge in [0, 0.05) is 30.8 Å². The lowest BCUT2D eigenvalue weighted by molar-refractivity contribution is -0.121. The second-order valence-electron chi connectivity index (χ2n) is 7.43. The number of aryl methyl sites for hydroxylation is 1. The largest absolute Gasteiger partial charge is 0.493 e. The van der Waals surface area contributed by atoms with E-state index in [9.17, 15) is 4.79 Å². The third kappa shape index (κ3) is 5.00. The number of rotatable bonds is 9. The number of carbonyl (C=O) groups is 1. The minimum absolute atomic E-state index is 0.455. The van der Waals surface area contributed by atoms with Crippen LogP contribution in [-0.4, -0.2) is 22.1 Å². The number of oxazole rings is 1. The zero-order valence-electron chi connectivity index (χ0n) is 17.8. The maximum absolute atomic E-state index is 12.1. The van der Waals surface area contributed by atoms with Gasteiger partial charge in [0.05, 0.1) is 12.3 Å². The van der Waals surface area contributed by atoms with Crippen LogP contribution in [0, 0.1) is 12.5 Å². The highest BCUT2D eigenvalue weighted by Gasteiger charge is 2.19. The molecule has 0 spiro atoms. The maximum atomic E-state index is 12.1. The summed E-state index contributed by atoms with van der Waals surface area (Å²) < 4.78 is 13.4. The van der Waals surface area contributed by atoms with Gasteiger partial charge >= 0.3 is 0 Å². The van der Waals surface area contributed by atoms with E-state index in [0.29, 0.717) is 25.3 Å². The van der Waals surface area contributed by atoms with Crippen molar-refractivity contribution in [3.05, 3.63) is 96.1 Å². The van der Waals surface area contributed by atoms with Gasteiger partial charge in [0.2, 0.25) is 5.89 Å². The van der Waals surface area contributed by atoms with E-state index in [0.717, 1.165) is 28.3 Å². The van der Waals surface area contributed by atoms with Crippen molar-refractivity contribution in [3.8, 4) is 17.2 Å². The highest BCUT2D eigenvalue weighted by atomic mass is 16.5. The zero-order chi connectivity index (χ0) is 22.3. The first kappa shape index (κ1) is 21.2. The van der Waals surface area contributed by atoms with Crippen LogP contribution < -0.4 is 4.74 Å². The molecule has 0 aliphatic heterocycles. The lowest BCUT2D eigenvalue weighted by Gasteiger charge is -2.15. The Hall–Kier alpha value is -4.00. The Labute approximate surface area is 186 Å². The summed E-state index contributed by atoms with van der Waals surface area (Å²) in [4.78, 5) is 16.7. The molecule has 4 rings (SSSR count). The van der Waals surface area contributed by atoms with Crippen LogP contribution in [0.2, 0.25) is 0 Å². The molecule has 1 amide bonds. The molecule has 7 nitrogen and oxygen atoms in total. The van der Waals surface area contributed by atoms with Gasteiger partial charge in [0.15, 0.2) is 0 Å². The van der Waals surface area contributed by atoms with Crippen LogP contribution in [0.5, 0.6) is 5.75 Å². The van der Waals surface area contributed by atoms with Crippen molar-refractivity contribution >= 4 is 5.91 Å². The van der Waals surface area contributed by atoms with E-state index in [1.165, 1.54) is 0 Å². The SMILES string of the molecule is Cc1oc(-c2ccccc2)nc1CCOc1ccc(C[C@@H](C(=O)N=N)n2cccc2)cc1. The molecule has 0 bridgehead atoms. The lowest BCUT2D eigenvalue weighted by atomic mass is 10.1. The van der Waals surface area contributed by atoms with Gasteiger partial charge in [-0.2, -0.15) is 0 Å². The molecule has 162 valence electrons. The Morgan fingerprint density at radius 2 is 1.81 bits per heavy atom. The van der Waals surface area contributed by atoms with Crippen LogP contribution in [0.1, 0.15) is 23.1 Å². The molecule has 0 saturated carbocycles. The van der Waals surface area contributed by atoms with E-state index in [-0.39, 0.29) is 0 Å². The molecule has 7 heteroatoms. The van der Waals surface area contributed by atoms with Gasteiger partial charge in [-0.25, -0.2) is 10.5 Å². The van der Waals surface area contributed by atoms with Crippen LogP contribution in [0.4, 0.5) is 0 Å². The summed E-state index contributed by atoms with van der Waals surface area (Å²) in [5.41, 5.74) is 9.88. The molecular formula is C25H24N4O3. The van der Waals surface area contributed by atoms with E-state index in [2.05, 4.69) is 10.1 Å². The first-order valence-corrected chi connectivity index (χ1v) is 10.4. The number of benzene rings is 2. The Morgan fingerprint density at radius 3 is 2.50 bits per heavy atom. The van der Waals surface area contributed by atoms with Gasteiger partial charge < -0.3 is 13.7 Å². The molecule has 2 aromatic carbocycles. The van der Waals surface area contributed by atoms with E-state index in [4.69, 9.17) is 14.7 Å². The summed E-state index contributed by atoms with van der Waals surface area (Å²) >= 11 is 0. The number of nitrogens with zero attached hydrogens (tertiary/aromatic N) is 3. The van der Waals surface area contributed by atoms with Crippen LogP contribution in [0.15, 0.2) is 88.7 Å². The first-order valence-electron chi connectivity index (χ1n) is 10.4. The Morgan fingerprint density at radius 1 is 1.09 bits per heavy atom. The Bertz CT molecular complexity index is 1170. The number of aromatic nitrogens is 2. The Kier molecular flexibility index (Phi) is 6.55. The predicted octanol–water partition coefficient (Wildman–Crippen LogP) is 5.41. The highest BCUT2D eigenvalue weighted by Crippen LogP contribution is 2.23. The van der Waals surface area contributed by atoms with Crippen LogP contribution in [0.25, 0.3) is 11.5 Å². The van der Waals surface area contributed by atoms with Crippen molar-refractivity contribution in [3.63, 3.8) is 0 Å². The number of nitrogens with one attached hydrogen (secondary N) is 1. The smallest absolute Gasteiger partial charge is 0.286 e. The highest BCUT2D eigenvalue weighted by molar-refractivity contribution is 5.80. The van der Waals surface area contributed by atoms with Gasteiger partial charge in [-0.15, -0.1) is 5.11 Å². The molecule has 0 aliphatic rings. The fourth-order valence-corrected chi connectivity index (χ4v) is 3.53. The Balaban J connectivity index is 1.34. The van der Waals surface area contributed by atoms with E-state index < -0.39 is 11.9 Å². The topological polar surface area (TPSA) is 93.5 Å². The summed E-state index contributed by atoms with van der Waals surface area (Å²) in [6, 6.07) is 20.6. The molecule has 0 unspecified atom stereocenters. The number of amides is 1. The molecule has 4 aromatic rings. The molecule has 1 N–H and O–H groups in total. The molecule has 32 heavy (non-hydrogen) atoms. The minimum atomic E-state index is -0.525. The third-order valence-electron chi connectivity index (χ3n) is 5.26. The standard InChI is InChI=1S/C25H24N4O3/c1-18-22(27-25(32-18)20-7-3-2-4-8-20)13-16-31-21-11-9-19(10-12-21)17-23(24(30)28-26)29-14-5-6-15-29/h2-12,14-15,23,26H,13,16-17H2,1H3/t23-/m0/s1. The summed E-state index contributed by atoms with van der Waals surface area (Å²) in [5, 5.41) is 3.11. The van der Waals surface area contributed by atoms with Crippen molar-refractivity contribution in [1.82, 2.24) is 9.55 Å². The number of ether oxygens (including phenoxy) is 1. The molecule has 1 atom stereocenters. The fraction of sp³-hybridized carbons (Fsp3) is 0.200. The van der Waals surface area contributed by atoms with Gasteiger partial charge in [0.1, 0.15) is 17.6 Å². The fourth-order valence-electron chi connectivity index (χ4n) is 3.53. The average Bonchev–Trinajstić information content (AvgIpc) is 3.49. The molecular weight excluding hydrogens is 404 g/mol. The van der Waals surface area contributed by atoms with Crippen molar-refractivity contribution < 1.29 is 13.9 Å². The summed E-state index contributed by atoms with van der Waals surface area (Å²) in [7, 11) is 0. The molecule has 2 aromatic heterocycles. The van der Waals surface area contributed by atoms with Gasteiger partial charge in [-0.3, -0.25) is 4.79 Å². The third-order valence-corrected chi connectivity index (χ3v) is 5.26. The van der Waals surface area contributed by atoms with E-state index in [1.54, 1.807) is 17.0 Å². The van der Waals surface area contributed by atoms with Crippen LogP contribution in [-0.2, 0) is 17.6 Å². The zero-order valence-corrected chi connectivity index (χ0v) is 17.8. The monoisotopic (exact) mass is 428 g/mol. The molecule has 0 fully saturated rings. The molecule has 0 aliphatic carbocycles. The number of hydrogen-bond acceptors (Lipinski definition) is 5. The normalized spacial score (nSPS) is 11.8. The molecule has 2 heterocycles. The van der Waals surface area contributed by atoms with E-state index in [1.807, 2.05) is 73.7 Å². The summed E-state index contributed by atoms with van der Waals surface area (Å²) in [6.07, 6.45) is 4.70. The summed E-state index contributed by atoms with van der Waals surface area (Å²) in [5.74, 6) is 1.68. The van der Waals surface area contributed by atoms with Crippen LogP contribution >= 0.6 is 0 Å². The second-order valence-corrected chi connectivity index (χ2v) is 7.43. The van der Waals surface area contributed by atoms with Gasteiger partial charge in [-0.1, -0.05) is 30.3 Å². The van der Waals surface area contributed by atoms with Gasteiger partial charge in [-0.05, 0) is 48.9 Å². The lowest BCUT2D eigenvalue weighted by Crippen LogP contribution is -2.18.